The van der Waals surface area contributed by atoms with Gasteiger partial charge in [0.1, 0.15) is 0 Å². The van der Waals surface area contributed by atoms with Gasteiger partial charge in [-0.3, -0.25) is 0 Å². The predicted molar refractivity (Wildman–Crippen MR) is 99.8 cm³/mol. The SMILES string of the molecule is O=C(Nc1ccccc1)N1N=C(c2cccs2)C[C@@H]1c1cccs1. The summed E-state index contributed by atoms with van der Waals surface area (Å²) in [5.74, 6) is 0. The molecule has 0 spiro atoms. The number of nitrogens with zero attached hydrogens (tertiary/aromatic N) is 2. The van der Waals surface area contributed by atoms with E-state index < -0.39 is 0 Å². The lowest BCUT2D eigenvalue weighted by Crippen LogP contribution is -2.31. The number of hydrazone groups is 1. The summed E-state index contributed by atoms with van der Waals surface area (Å²) in [7, 11) is 0. The lowest BCUT2D eigenvalue weighted by Gasteiger charge is -2.21. The van der Waals surface area contributed by atoms with Crippen molar-refractivity contribution in [3.05, 3.63) is 75.1 Å². The summed E-state index contributed by atoms with van der Waals surface area (Å²) in [6, 6.07) is 17.3. The van der Waals surface area contributed by atoms with Gasteiger partial charge in [0, 0.05) is 17.0 Å². The van der Waals surface area contributed by atoms with Crippen LogP contribution in [0.5, 0.6) is 0 Å². The zero-order chi connectivity index (χ0) is 16.4. The van der Waals surface area contributed by atoms with Crippen molar-refractivity contribution >= 4 is 40.1 Å². The Labute approximate surface area is 148 Å². The highest BCUT2D eigenvalue weighted by molar-refractivity contribution is 7.12. The molecule has 6 heteroatoms. The van der Waals surface area contributed by atoms with Gasteiger partial charge in [-0.1, -0.05) is 30.3 Å². The van der Waals surface area contributed by atoms with E-state index in [2.05, 4.69) is 16.5 Å². The largest absolute Gasteiger partial charge is 0.342 e. The normalized spacial score (nSPS) is 16.9. The number of anilines is 1. The zero-order valence-corrected chi connectivity index (χ0v) is 14.4. The molecular formula is C18H15N3OS2. The Balaban J connectivity index is 1.62. The lowest BCUT2D eigenvalue weighted by molar-refractivity contribution is 0.201. The third-order valence-electron chi connectivity index (χ3n) is 3.82. The van der Waals surface area contributed by atoms with Crippen LogP contribution >= 0.6 is 22.7 Å². The average molecular weight is 353 g/mol. The smallest absolute Gasteiger partial charge is 0.306 e. The molecule has 4 rings (SSSR count). The van der Waals surface area contributed by atoms with Gasteiger partial charge in [-0.25, -0.2) is 9.80 Å². The van der Waals surface area contributed by atoms with Crippen LogP contribution < -0.4 is 5.32 Å². The number of carbonyl (C=O) groups excluding carboxylic acids is 1. The molecule has 0 fully saturated rings. The molecule has 2 amide bonds. The molecule has 0 aliphatic carbocycles. The molecule has 2 aromatic heterocycles. The maximum absolute atomic E-state index is 12.8. The van der Waals surface area contributed by atoms with E-state index >= 15 is 0 Å². The fraction of sp³-hybridized carbons (Fsp3) is 0.111. The van der Waals surface area contributed by atoms with E-state index in [0.717, 1.165) is 27.6 Å². The van der Waals surface area contributed by atoms with Crippen LogP contribution in [0.25, 0.3) is 0 Å². The second-order valence-corrected chi connectivity index (χ2v) is 7.33. The summed E-state index contributed by atoms with van der Waals surface area (Å²) in [5, 5.41) is 13.2. The Morgan fingerprint density at radius 2 is 1.83 bits per heavy atom. The number of rotatable bonds is 3. The first-order chi connectivity index (χ1) is 11.8. The molecule has 1 atom stereocenters. The Morgan fingerprint density at radius 3 is 2.54 bits per heavy atom. The minimum absolute atomic E-state index is 0.0502. The maximum Gasteiger partial charge on any atom is 0.342 e. The number of carbonyl (C=O) groups is 1. The molecule has 1 aromatic carbocycles. The standard InChI is InChI=1S/C18H15N3OS2/c22-18(19-13-6-2-1-3-7-13)21-15(17-9-5-11-24-17)12-14(20-21)16-8-4-10-23-16/h1-11,15H,12H2,(H,19,22)/t15-/m1/s1. The van der Waals surface area contributed by atoms with Gasteiger partial charge in [-0.15, -0.1) is 22.7 Å². The van der Waals surface area contributed by atoms with Crippen LogP contribution in [0.2, 0.25) is 0 Å². The molecule has 4 nitrogen and oxygen atoms in total. The number of thiophene rings is 2. The molecule has 0 saturated heterocycles. The van der Waals surface area contributed by atoms with Crippen molar-refractivity contribution in [1.29, 1.82) is 0 Å². The second-order valence-electron chi connectivity index (χ2n) is 5.40. The van der Waals surface area contributed by atoms with E-state index in [4.69, 9.17) is 0 Å². The molecule has 24 heavy (non-hydrogen) atoms. The number of amides is 2. The molecule has 120 valence electrons. The first kappa shape index (κ1) is 15.1. The first-order valence-corrected chi connectivity index (χ1v) is 9.37. The van der Waals surface area contributed by atoms with Crippen LogP contribution in [0.15, 0.2) is 70.5 Å². The van der Waals surface area contributed by atoms with Crippen LogP contribution in [0, 0.1) is 0 Å². The summed E-state index contributed by atoms with van der Waals surface area (Å²) in [6.45, 7) is 0. The summed E-state index contributed by atoms with van der Waals surface area (Å²) in [5.41, 5.74) is 1.74. The molecule has 3 aromatic rings. The van der Waals surface area contributed by atoms with Crippen molar-refractivity contribution in [1.82, 2.24) is 5.01 Å². The Hall–Kier alpha value is -2.44. The van der Waals surface area contributed by atoms with Crippen molar-refractivity contribution in [3.8, 4) is 0 Å². The first-order valence-electron chi connectivity index (χ1n) is 7.61. The van der Waals surface area contributed by atoms with Crippen LogP contribution in [-0.2, 0) is 0 Å². The van der Waals surface area contributed by atoms with Gasteiger partial charge in [0.05, 0.1) is 16.6 Å². The van der Waals surface area contributed by atoms with Gasteiger partial charge in [0.2, 0.25) is 0 Å². The van der Waals surface area contributed by atoms with Gasteiger partial charge in [0.15, 0.2) is 0 Å². The monoisotopic (exact) mass is 353 g/mol. The highest BCUT2D eigenvalue weighted by Gasteiger charge is 2.34. The van der Waals surface area contributed by atoms with Crippen LogP contribution in [0.3, 0.4) is 0 Å². The van der Waals surface area contributed by atoms with E-state index in [1.807, 2.05) is 59.3 Å². The maximum atomic E-state index is 12.8. The number of nitrogens with one attached hydrogen (secondary N) is 1. The molecule has 1 N–H and O–H groups in total. The van der Waals surface area contributed by atoms with Gasteiger partial charge >= 0.3 is 6.03 Å². The molecule has 0 unspecified atom stereocenters. The Bertz CT molecular complexity index is 842. The lowest BCUT2D eigenvalue weighted by atomic mass is 10.1. The van der Waals surface area contributed by atoms with Crippen molar-refractivity contribution in [3.63, 3.8) is 0 Å². The minimum Gasteiger partial charge on any atom is -0.306 e. The van der Waals surface area contributed by atoms with Gasteiger partial charge in [-0.05, 0) is 35.0 Å². The van der Waals surface area contributed by atoms with Crippen LogP contribution in [-0.4, -0.2) is 16.8 Å². The molecule has 0 radical (unpaired) electrons. The van der Waals surface area contributed by atoms with Gasteiger partial charge < -0.3 is 5.32 Å². The van der Waals surface area contributed by atoms with Crippen LogP contribution in [0.1, 0.15) is 22.2 Å². The van der Waals surface area contributed by atoms with Crippen molar-refractivity contribution in [2.24, 2.45) is 5.10 Å². The van der Waals surface area contributed by atoms with E-state index in [1.165, 1.54) is 0 Å². The molecule has 1 aliphatic rings. The number of hydrogen-bond acceptors (Lipinski definition) is 4. The zero-order valence-electron chi connectivity index (χ0n) is 12.8. The highest BCUT2D eigenvalue weighted by atomic mass is 32.1. The number of para-hydroxylation sites is 1. The van der Waals surface area contributed by atoms with E-state index in [-0.39, 0.29) is 12.1 Å². The molecular weight excluding hydrogens is 338 g/mol. The third-order valence-corrected chi connectivity index (χ3v) is 5.71. The van der Waals surface area contributed by atoms with Crippen molar-refractivity contribution < 1.29 is 4.79 Å². The summed E-state index contributed by atoms with van der Waals surface area (Å²) in [6.07, 6.45) is 0.739. The number of hydrogen-bond donors (Lipinski definition) is 1. The number of benzene rings is 1. The second kappa shape index (κ2) is 6.59. The Morgan fingerprint density at radius 1 is 1.04 bits per heavy atom. The van der Waals surface area contributed by atoms with Crippen molar-refractivity contribution in [2.75, 3.05) is 5.32 Å². The van der Waals surface area contributed by atoms with Crippen molar-refractivity contribution in [2.45, 2.75) is 12.5 Å². The molecule has 0 saturated carbocycles. The van der Waals surface area contributed by atoms with E-state index in [9.17, 15) is 4.79 Å². The molecule has 1 aliphatic heterocycles. The fourth-order valence-electron chi connectivity index (χ4n) is 2.69. The van der Waals surface area contributed by atoms with Gasteiger partial charge in [0.25, 0.3) is 0 Å². The molecule has 3 heterocycles. The summed E-state index contributed by atoms with van der Waals surface area (Å²) >= 11 is 3.31. The topological polar surface area (TPSA) is 44.7 Å². The number of urea groups is 1. The van der Waals surface area contributed by atoms with E-state index in [0.29, 0.717) is 0 Å². The van der Waals surface area contributed by atoms with E-state index in [1.54, 1.807) is 27.7 Å². The predicted octanol–water partition coefficient (Wildman–Crippen LogP) is 5.19. The average Bonchev–Trinajstić information content (AvgIpc) is 3.35. The minimum atomic E-state index is -0.203. The highest BCUT2D eigenvalue weighted by Crippen LogP contribution is 2.36. The Kier molecular flexibility index (Phi) is 4.15. The third kappa shape index (κ3) is 2.98. The van der Waals surface area contributed by atoms with Crippen LogP contribution in [0.4, 0.5) is 10.5 Å². The fourth-order valence-corrected chi connectivity index (χ4v) is 4.23. The molecule has 0 bridgehead atoms. The summed E-state index contributed by atoms with van der Waals surface area (Å²) in [4.78, 5) is 15.0. The quantitative estimate of drug-likeness (QED) is 0.692. The van der Waals surface area contributed by atoms with Gasteiger partial charge in [-0.2, -0.15) is 5.10 Å². The summed E-state index contributed by atoms with van der Waals surface area (Å²) < 4.78 is 0.